The minimum atomic E-state index is -0.129. The number of hydrogen-bond donors (Lipinski definition) is 1. The van der Waals surface area contributed by atoms with Gasteiger partial charge in [-0.2, -0.15) is 0 Å². The first kappa shape index (κ1) is 17.7. The molecule has 5 nitrogen and oxygen atoms in total. The van der Waals surface area contributed by atoms with Crippen LogP contribution in [0.4, 0.5) is 0 Å². The zero-order chi connectivity index (χ0) is 17.2. The van der Waals surface area contributed by atoms with Crippen LogP contribution < -0.4 is 19.5 Å². The molecule has 2 aromatic rings. The summed E-state index contributed by atoms with van der Waals surface area (Å²) in [6.45, 7) is 3.55. The number of hydrogen-bond acceptors (Lipinski definition) is 4. The van der Waals surface area contributed by atoms with Crippen molar-refractivity contribution in [3.8, 4) is 17.2 Å². The third-order valence-electron chi connectivity index (χ3n) is 3.31. The minimum Gasteiger partial charge on any atom is -0.497 e. The van der Waals surface area contributed by atoms with Crippen LogP contribution in [0.1, 0.15) is 23.7 Å². The highest BCUT2D eigenvalue weighted by atomic mass is 16.5. The van der Waals surface area contributed by atoms with E-state index in [2.05, 4.69) is 12.2 Å². The maximum absolute atomic E-state index is 12.0. The van der Waals surface area contributed by atoms with Gasteiger partial charge in [-0.1, -0.05) is 6.92 Å². The third-order valence-corrected chi connectivity index (χ3v) is 3.31. The smallest absolute Gasteiger partial charge is 0.251 e. The normalized spacial score (nSPS) is 10.1. The Bertz CT molecular complexity index is 623. The first-order valence-corrected chi connectivity index (χ1v) is 8.01. The number of carbonyl (C=O) groups is 1. The number of carbonyl (C=O) groups excluding carboxylic acids is 1. The van der Waals surface area contributed by atoms with Crippen LogP contribution in [0.15, 0.2) is 48.5 Å². The lowest BCUT2D eigenvalue weighted by Gasteiger charge is -2.09. The van der Waals surface area contributed by atoms with Crippen LogP contribution >= 0.6 is 0 Å². The van der Waals surface area contributed by atoms with Crippen molar-refractivity contribution in [1.29, 1.82) is 0 Å². The first-order chi connectivity index (χ1) is 11.7. The van der Waals surface area contributed by atoms with Gasteiger partial charge in [-0.05, 0) is 55.0 Å². The number of methoxy groups -OCH3 is 1. The van der Waals surface area contributed by atoms with Gasteiger partial charge in [0.25, 0.3) is 5.91 Å². The zero-order valence-electron chi connectivity index (χ0n) is 14.1. The monoisotopic (exact) mass is 329 g/mol. The Hall–Kier alpha value is -2.69. The molecule has 128 valence electrons. The van der Waals surface area contributed by atoms with Crippen molar-refractivity contribution in [1.82, 2.24) is 5.32 Å². The summed E-state index contributed by atoms with van der Waals surface area (Å²) in [7, 11) is 1.62. The van der Waals surface area contributed by atoms with Crippen molar-refractivity contribution in [2.45, 2.75) is 13.3 Å². The molecule has 24 heavy (non-hydrogen) atoms. The fraction of sp³-hybridized carbons (Fsp3) is 0.316. The Morgan fingerprint density at radius 3 is 2.00 bits per heavy atom. The zero-order valence-corrected chi connectivity index (χ0v) is 14.1. The van der Waals surface area contributed by atoms with E-state index in [-0.39, 0.29) is 5.91 Å². The molecule has 0 aliphatic carbocycles. The summed E-state index contributed by atoms with van der Waals surface area (Å²) in [4.78, 5) is 12.0. The fourth-order valence-corrected chi connectivity index (χ4v) is 2.03. The number of amides is 1. The van der Waals surface area contributed by atoms with E-state index in [0.29, 0.717) is 25.3 Å². The summed E-state index contributed by atoms with van der Waals surface area (Å²) >= 11 is 0. The highest BCUT2D eigenvalue weighted by molar-refractivity contribution is 5.94. The average molecular weight is 329 g/mol. The van der Waals surface area contributed by atoms with E-state index >= 15 is 0 Å². The lowest BCUT2D eigenvalue weighted by atomic mass is 10.2. The molecular formula is C19H23NO4. The number of ether oxygens (including phenoxy) is 3. The summed E-state index contributed by atoms with van der Waals surface area (Å²) in [5, 5.41) is 2.82. The molecule has 0 aliphatic rings. The van der Waals surface area contributed by atoms with Gasteiger partial charge in [-0.25, -0.2) is 0 Å². The Morgan fingerprint density at radius 2 is 1.42 bits per heavy atom. The van der Waals surface area contributed by atoms with Gasteiger partial charge in [0.2, 0.25) is 0 Å². The van der Waals surface area contributed by atoms with Gasteiger partial charge in [0, 0.05) is 5.56 Å². The second-order valence-corrected chi connectivity index (χ2v) is 5.15. The van der Waals surface area contributed by atoms with E-state index in [9.17, 15) is 4.79 Å². The number of rotatable bonds is 9. The number of nitrogens with one attached hydrogen (secondary N) is 1. The van der Waals surface area contributed by atoms with Crippen molar-refractivity contribution < 1.29 is 19.0 Å². The van der Waals surface area contributed by atoms with Gasteiger partial charge in [0.15, 0.2) is 0 Å². The van der Waals surface area contributed by atoms with Crippen LogP contribution in [-0.4, -0.2) is 32.8 Å². The summed E-state index contributed by atoms with van der Waals surface area (Å²) in [5.74, 6) is 2.16. The van der Waals surface area contributed by atoms with Gasteiger partial charge < -0.3 is 19.5 Å². The molecular weight excluding hydrogens is 306 g/mol. The Balaban J connectivity index is 1.72. The topological polar surface area (TPSA) is 56.8 Å². The van der Waals surface area contributed by atoms with E-state index in [1.807, 2.05) is 24.3 Å². The van der Waals surface area contributed by atoms with Gasteiger partial charge >= 0.3 is 0 Å². The largest absolute Gasteiger partial charge is 0.497 e. The lowest BCUT2D eigenvalue weighted by Crippen LogP contribution is -2.28. The highest BCUT2D eigenvalue weighted by Gasteiger charge is 2.05. The second kappa shape index (κ2) is 9.45. The standard InChI is InChI=1S/C19H23NO4/c1-3-13-23-17-6-4-15(5-7-17)19(21)20-12-14-24-18-10-8-16(22-2)9-11-18/h4-11H,3,12-14H2,1-2H3,(H,20,21). The maximum atomic E-state index is 12.0. The van der Waals surface area contributed by atoms with E-state index in [1.165, 1.54) is 0 Å². The van der Waals surface area contributed by atoms with Crippen molar-refractivity contribution in [3.05, 3.63) is 54.1 Å². The van der Waals surface area contributed by atoms with Gasteiger partial charge in [0.1, 0.15) is 23.9 Å². The van der Waals surface area contributed by atoms with Crippen LogP contribution in [0.2, 0.25) is 0 Å². The Labute approximate surface area is 142 Å². The van der Waals surface area contributed by atoms with Crippen molar-refractivity contribution in [2.75, 3.05) is 26.9 Å². The van der Waals surface area contributed by atoms with Crippen LogP contribution in [0.3, 0.4) is 0 Å². The summed E-state index contributed by atoms with van der Waals surface area (Å²) in [6, 6.07) is 14.4. The van der Waals surface area contributed by atoms with Crippen molar-refractivity contribution >= 4 is 5.91 Å². The molecule has 0 saturated heterocycles. The molecule has 0 bridgehead atoms. The van der Waals surface area contributed by atoms with Crippen LogP contribution in [0.25, 0.3) is 0 Å². The van der Waals surface area contributed by atoms with E-state index in [1.54, 1.807) is 31.4 Å². The van der Waals surface area contributed by atoms with Gasteiger partial charge in [-0.15, -0.1) is 0 Å². The molecule has 0 spiro atoms. The van der Waals surface area contributed by atoms with E-state index in [4.69, 9.17) is 14.2 Å². The van der Waals surface area contributed by atoms with Crippen LogP contribution in [-0.2, 0) is 0 Å². The summed E-state index contributed by atoms with van der Waals surface area (Å²) < 4.78 is 16.1. The highest BCUT2D eigenvalue weighted by Crippen LogP contribution is 2.16. The number of benzene rings is 2. The molecule has 0 radical (unpaired) electrons. The van der Waals surface area contributed by atoms with Crippen LogP contribution in [0, 0.1) is 0 Å². The molecule has 0 atom stereocenters. The molecule has 5 heteroatoms. The van der Waals surface area contributed by atoms with Gasteiger partial charge in [0.05, 0.1) is 20.3 Å². The Morgan fingerprint density at radius 1 is 0.875 bits per heavy atom. The molecule has 2 rings (SSSR count). The molecule has 1 amide bonds. The van der Waals surface area contributed by atoms with Crippen molar-refractivity contribution in [3.63, 3.8) is 0 Å². The molecule has 0 heterocycles. The van der Waals surface area contributed by atoms with E-state index < -0.39 is 0 Å². The predicted molar refractivity (Wildman–Crippen MR) is 93.1 cm³/mol. The molecule has 0 saturated carbocycles. The molecule has 1 N–H and O–H groups in total. The van der Waals surface area contributed by atoms with E-state index in [0.717, 1.165) is 23.7 Å². The van der Waals surface area contributed by atoms with Gasteiger partial charge in [-0.3, -0.25) is 4.79 Å². The predicted octanol–water partition coefficient (Wildman–Crippen LogP) is 3.29. The molecule has 2 aromatic carbocycles. The summed E-state index contributed by atoms with van der Waals surface area (Å²) in [5.41, 5.74) is 0.600. The lowest BCUT2D eigenvalue weighted by molar-refractivity contribution is 0.0947. The minimum absolute atomic E-state index is 0.129. The second-order valence-electron chi connectivity index (χ2n) is 5.15. The average Bonchev–Trinajstić information content (AvgIpc) is 2.64. The summed E-state index contributed by atoms with van der Waals surface area (Å²) in [6.07, 6.45) is 0.955. The van der Waals surface area contributed by atoms with Crippen LogP contribution in [0.5, 0.6) is 17.2 Å². The molecule has 0 aromatic heterocycles. The molecule has 0 aliphatic heterocycles. The van der Waals surface area contributed by atoms with Crippen molar-refractivity contribution in [2.24, 2.45) is 0 Å². The fourth-order valence-electron chi connectivity index (χ4n) is 2.03. The first-order valence-electron chi connectivity index (χ1n) is 8.01. The molecule has 0 unspecified atom stereocenters. The quantitative estimate of drug-likeness (QED) is 0.717. The molecule has 0 fully saturated rings. The SMILES string of the molecule is CCCOc1ccc(C(=O)NCCOc2ccc(OC)cc2)cc1. The maximum Gasteiger partial charge on any atom is 0.251 e. The Kier molecular flexibility index (Phi) is 6.95. The third kappa shape index (κ3) is 5.50.